The summed E-state index contributed by atoms with van der Waals surface area (Å²) in [6, 6.07) is 0. The zero-order valence-electron chi connectivity index (χ0n) is 11.8. The minimum atomic E-state index is 0.759. The van der Waals surface area contributed by atoms with E-state index in [1.54, 1.807) is 11.3 Å². The van der Waals surface area contributed by atoms with Crippen molar-refractivity contribution >= 4 is 34.7 Å². The summed E-state index contributed by atoms with van der Waals surface area (Å²) in [6.07, 6.45) is 0.888. The Kier molecular flexibility index (Phi) is 3.47. The number of fused-ring (bicyclic) bond motifs is 1. The van der Waals surface area contributed by atoms with Crippen molar-refractivity contribution in [2.45, 2.75) is 40.3 Å². The largest absolute Gasteiger partial charge is 0.328 e. The van der Waals surface area contributed by atoms with Crippen LogP contribution in [-0.4, -0.2) is 24.3 Å². The Morgan fingerprint density at radius 2 is 2.20 bits per heavy atom. The lowest BCUT2D eigenvalue weighted by molar-refractivity contribution is 0.620. The van der Waals surface area contributed by atoms with Gasteiger partial charge in [0.2, 0.25) is 0 Å². The predicted molar refractivity (Wildman–Crippen MR) is 83.9 cm³/mol. The summed E-state index contributed by atoms with van der Waals surface area (Å²) in [5.41, 5.74) is 4.26. The first-order valence-electron chi connectivity index (χ1n) is 6.67. The zero-order valence-corrected chi connectivity index (χ0v) is 13.4. The first-order valence-corrected chi connectivity index (χ1v) is 7.96. The van der Waals surface area contributed by atoms with Crippen LogP contribution in [0.1, 0.15) is 23.3 Å². The average Bonchev–Trinajstić information content (AvgIpc) is 3.05. The number of thiazole rings is 1. The van der Waals surface area contributed by atoms with E-state index in [1.807, 2.05) is 18.5 Å². The first kappa shape index (κ1) is 13.5. The second-order valence-electron chi connectivity index (χ2n) is 4.79. The number of hydrogen-bond acceptors (Lipinski definition) is 4. The molecule has 0 radical (unpaired) electrons. The number of nitrogens with one attached hydrogen (secondary N) is 1. The molecule has 20 heavy (non-hydrogen) atoms. The molecule has 0 aliphatic heterocycles. The molecule has 3 aromatic rings. The highest BCUT2D eigenvalue weighted by molar-refractivity contribution is 7.71. The Balaban J connectivity index is 1.98. The predicted octanol–water partition coefficient (Wildman–Crippen LogP) is 3.23. The molecule has 5 nitrogen and oxygen atoms in total. The third-order valence-electron chi connectivity index (χ3n) is 3.39. The molecule has 0 aliphatic rings. The summed E-state index contributed by atoms with van der Waals surface area (Å²) in [7, 11) is 0. The fraction of sp³-hybridized carbons (Fsp3) is 0.462. The topological polar surface area (TPSA) is 51.4 Å². The maximum Gasteiger partial charge on any atom is 0.179 e. The summed E-state index contributed by atoms with van der Waals surface area (Å²) in [5.74, 6) is 0. The highest BCUT2D eigenvalue weighted by Crippen LogP contribution is 2.19. The monoisotopic (exact) mass is 307 g/mol. The number of aromatic nitrogens is 5. The average molecular weight is 307 g/mol. The smallest absolute Gasteiger partial charge is 0.179 e. The van der Waals surface area contributed by atoms with Gasteiger partial charge < -0.3 is 9.55 Å². The number of H-pyrrole nitrogens is 1. The first-order chi connectivity index (χ1) is 9.60. The number of nitrogens with zero attached hydrogens (tertiary/aromatic N) is 4. The van der Waals surface area contributed by atoms with Crippen molar-refractivity contribution in [2.24, 2.45) is 0 Å². The normalized spacial score (nSPS) is 11.6. The van der Waals surface area contributed by atoms with Crippen molar-refractivity contribution < 1.29 is 0 Å². The molecule has 0 fully saturated rings. The van der Waals surface area contributed by atoms with Gasteiger partial charge in [-0.2, -0.15) is 5.10 Å². The molecular weight excluding hydrogens is 290 g/mol. The van der Waals surface area contributed by atoms with Gasteiger partial charge >= 0.3 is 0 Å². The lowest BCUT2D eigenvalue weighted by Gasteiger charge is -2.05. The van der Waals surface area contributed by atoms with Crippen LogP contribution in [0.4, 0.5) is 0 Å². The Morgan fingerprint density at radius 3 is 2.85 bits per heavy atom. The summed E-state index contributed by atoms with van der Waals surface area (Å²) in [4.78, 5) is 7.77. The molecule has 7 heteroatoms. The van der Waals surface area contributed by atoms with Crippen LogP contribution in [0.25, 0.3) is 11.2 Å². The van der Waals surface area contributed by atoms with Crippen LogP contribution in [0.3, 0.4) is 0 Å². The number of hydrogen-bond donors (Lipinski definition) is 1. The number of aryl methyl sites for hydroxylation is 5. The molecular formula is C13H17N5S2. The summed E-state index contributed by atoms with van der Waals surface area (Å²) in [6.45, 7) is 7.80. The van der Waals surface area contributed by atoms with Gasteiger partial charge in [-0.1, -0.05) is 0 Å². The van der Waals surface area contributed by atoms with E-state index in [0.29, 0.717) is 0 Å². The third kappa shape index (κ3) is 2.20. The molecule has 0 amide bonds. The second kappa shape index (κ2) is 5.14. The van der Waals surface area contributed by atoms with E-state index in [1.165, 1.54) is 0 Å². The molecule has 3 heterocycles. The summed E-state index contributed by atoms with van der Waals surface area (Å²) < 4.78 is 4.89. The van der Waals surface area contributed by atoms with Crippen molar-refractivity contribution in [1.29, 1.82) is 0 Å². The van der Waals surface area contributed by atoms with Gasteiger partial charge in [0.15, 0.2) is 10.4 Å². The Hall–Kier alpha value is -1.47. The van der Waals surface area contributed by atoms with Gasteiger partial charge in [-0.15, -0.1) is 11.3 Å². The van der Waals surface area contributed by atoms with Crippen LogP contribution in [0.5, 0.6) is 0 Å². The van der Waals surface area contributed by atoms with Crippen molar-refractivity contribution in [3.63, 3.8) is 0 Å². The SMILES string of the molecule is CCn1nc(C)c2[nH]c(=S)n(CCc3csc(C)n3)c21. The highest BCUT2D eigenvalue weighted by Gasteiger charge is 2.13. The fourth-order valence-corrected chi connectivity index (χ4v) is 3.36. The van der Waals surface area contributed by atoms with Crippen LogP contribution >= 0.6 is 23.6 Å². The van der Waals surface area contributed by atoms with E-state index in [2.05, 4.69) is 31.9 Å². The lowest BCUT2D eigenvalue weighted by Crippen LogP contribution is -2.07. The third-order valence-corrected chi connectivity index (χ3v) is 4.54. The van der Waals surface area contributed by atoms with E-state index in [4.69, 9.17) is 12.2 Å². The maximum atomic E-state index is 5.44. The molecule has 106 valence electrons. The summed E-state index contributed by atoms with van der Waals surface area (Å²) >= 11 is 7.13. The lowest BCUT2D eigenvalue weighted by atomic mass is 10.3. The van der Waals surface area contributed by atoms with Crippen LogP contribution in [0, 0.1) is 18.6 Å². The van der Waals surface area contributed by atoms with Gasteiger partial charge in [-0.25, -0.2) is 9.67 Å². The molecule has 3 aromatic heterocycles. The highest BCUT2D eigenvalue weighted by atomic mass is 32.1. The van der Waals surface area contributed by atoms with Crippen molar-refractivity contribution in [2.75, 3.05) is 0 Å². The minimum absolute atomic E-state index is 0.759. The van der Waals surface area contributed by atoms with Crippen LogP contribution < -0.4 is 0 Å². The minimum Gasteiger partial charge on any atom is -0.328 e. The van der Waals surface area contributed by atoms with Crippen LogP contribution in [-0.2, 0) is 19.5 Å². The fourth-order valence-electron chi connectivity index (χ4n) is 2.44. The van der Waals surface area contributed by atoms with E-state index in [-0.39, 0.29) is 0 Å². The Labute approximate surface area is 126 Å². The molecule has 0 unspecified atom stereocenters. The number of aromatic amines is 1. The van der Waals surface area contributed by atoms with Crippen molar-refractivity contribution in [1.82, 2.24) is 24.3 Å². The van der Waals surface area contributed by atoms with Gasteiger partial charge in [0, 0.05) is 24.9 Å². The molecule has 0 spiro atoms. The molecule has 3 rings (SSSR count). The molecule has 0 aromatic carbocycles. The molecule has 1 N–H and O–H groups in total. The maximum absolute atomic E-state index is 5.44. The van der Waals surface area contributed by atoms with Gasteiger partial charge in [0.1, 0.15) is 5.52 Å². The van der Waals surface area contributed by atoms with E-state index >= 15 is 0 Å². The van der Waals surface area contributed by atoms with Gasteiger partial charge in [-0.3, -0.25) is 0 Å². The van der Waals surface area contributed by atoms with Crippen LogP contribution in [0.15, 0.2) is 5.38 Å². The molecule has 0 bridgehead atoms. The van der Waals surface area contributed by atoms with Gasteiger partial charge in [-0.05, 0) is 33.0 Å². The molecule has 0 aliphatic carbocycles. The van der Waals surface area contributed by atoms with E-state index in [9.17, 15) is 0 Å². The van der Waals surface area contributed by atoms with E-state index in [0.717, 1.165) is 51.8 Å². The van der Waals surface area contributed by atoms with Gasteiger partial charge in [0.05, 0.1) is 16.4 Å². The quantitative estimate of drug-likeness (QED) is 0.753. The molecule has 0 saturated carbocycles. The van der Waals surface area contributed by atoms with E-state index < -0.39 is 0 Å². The number of rotatable bonds is 4. The zero-order chi connectivity index (χ0) is 14.3. The van der Waals surface area contributed by atoms with Crippen LogP contribution in [0.2, 0.25) is 0 Å². The van der Waals surface area contributed by atoms with Crippen molar-refractivity contribution in [3.05, 3.63) is 26.5 Å². The van der Waals surface area contributed by atoms with Gasteiger partial charge in [0.25, 0.3) is 0 Å². The molecule has 0 atom stereocenters. The second-order valence-corrected chi connectivity index (χ2v) is 6.24. The Morgan fingerprint density at radius 1 is 1.40 bits per heavy atom. The Bertz CT molecular complexity index is 805. The van der Waals surface area contributed by atoms with Crippen molar-refractivity contribution in [3.8, 4) is 0 Å². The molecule has 0 saturated heterocycles. The summed E-state index contributed by atoms with van der Waals surface area (Å²) in [5, 5.41) is 7.76. The standard InChI is InChI=1S/C13H17N5S2/c1-4-18-12-11(8(2)16-18)15-13(19)17(12)6-5-10-7-20-9(3)14-10/h7H,4-6H2,1-3H3,(H,15,19). The number of imidazole rings is 1.